The lowest BCUT2D eigenvalue weighted by atomic mass is 10.0. The fourth-order valence-corrected chi connectivity index (χ4v) is 13.9. The van der Waals surface area contributed by atoms with E-state index in [-0.39, 0.29) is 18.5 Å². The molecule has 0 aliphatic rings. The molecule has 0 bridgehead atoms. The molecule has 3 N–H and O–H groups in total. The molecule has 2 atom stereocenters. The van der Waals surface area contributed by atoms with Gasteiger partial charge in [-0.25, -0.2) is 0 Å². The first-order valence-electron chi connectivity index (χ1n) is 42.4. The maximum Gasteiger partial charge on any atom is 0.305 e. The fraction of sp³-hybridized carbons (Fsp3) is 0.953. The summed E-state index contributed by atoms with van der Waals surface area (Å²) in [6.07, 6.45) is 103. The Morgan fingerprint density at radius 1 is 0.297 bits per heavy atom. The zero-order valence-electron chi connectivity index (χ0n) is 62.4. The van der Waals surface area contributed by atoms with Crippen molar-refractivity contribution in [2.75, 3.05) is 13.2 Å². The standard InChI is InChI=1S/C85H167NO5/c1-3-5-7-9-11-13-15-17-19-20-21-22-38-41-44-47-50-53-57-61-65-69-73-77-83(88)82(81-87)86-84(89)78-74-70-66-62-58-54-51-48-45-42-39-36-34-32-30-28-26-24-23-25-27-29-31-33-35-37-40-43-46-49-52-56-60-64-68-72-76-80-91-85(90)79-75-71-67-63-59-55-18-16-14-12-10-8-6-4-2/h23,25,82-83,87-88H,3-22,24,26-81H2,1-2H3,(H,86,89)/b25-23-. The molecule has 0 fully saturated rings. The quantitative estimate of drug-likeness (QED) is 0.0320. The minimum Gasteiger partial charge on any atom is -0.466 e. The van der Waals surface area contributed by atoms with Gasteiger partial charge in [0.05, 0.1) is 25.4 Å². The van der Waals surface area contributed by atoms with Crippen LogP contribution in [0.2, 0.25) is 0 Å². The van der Waals surface area contributed by atoms with Crippen molar-refractivity contribution in [3.05, 3.63) is 12.2 Å². The molecular formula is C85H167NO5. The Morgan fingerprint density at radius 3 is 0.780 bits per heavy atom. The highest BCUT2D eigenvalue weighted by Gasteiger charge is 2.20. The summed E-state index contributed by atoms with van der Waals surface area (Å²) in [6, 6.07) is -0.539. The molecule has 0 saturated carbocycles. The fourth-order valence-electron chi connectivity index (χ4n) is 13.9. The van der Waals surface area contributed by atoms with Gasteiger partial charge in [0.2, 0.25) is 5.91 Å². The van der Waals surface area contributed by atoms with E-state index in [0.717, 1.165) is 38.5 Å². The molecular weight excluding hydrogens is 1110 g/mol. The smallest absolute Gasteiger partial charge is 0.305 e. The maximum atomic E-state index is 12.6. The Balaban J connectivity index is 3.33. The minimum atomic E-state index is -0.662. The topological polar surface area (TPSA) is 95.9 Å². The van der Waals surface area contributed by atoms with Gasteiger partial charge in [0.1, 0.15) is 0 Å². The SMILES string of the molecule is CCCCCCCCCCCCCCCCCCCCCCCCCC(O)C(CO)NC(=O)CCCCCCCCCCCCCCCCCCC/C=C\CCCCCCCCCCCCCCCCCCOC(=O)CCCCCCCCCCCCCCCC. The van der Waals surface area contributed by atoms with Crippen LogP contribution in [0.4, 0.5) is 0 Å². The van der Waals surface area contributed by atoms with Crippen LogP contribution >= 0.6 is 0 Å². The summed E-state index contributed by atoms with van der Waals surface area (Å²) >= 11 is 0. The predicted octanol–water partition coefficient (Wildman–Crippen LogP) is 28.2. The Morgan fingerprint density at radius 2 is 0.516 bits per heavy atom. The molecule has 1 amide bonds. The van der Waals surface area contributed by atoms with Crippen molar-refractivity contribution in [2.24, 2.45) is 0 Å². The van der Waals surface area contributed by atoms with Crippen molar-refractivity contribution in [3.8, 4) is 0 Å². The van der Waals surface area contributed by atoms with Crippen molar-refractivity contribution in [3.63, 3.8) is 0 Å². The third kappa shape index (κ3) is 77.5. The van der Waals surface area contributed by atoms with E-state index in [4.69, 9.17) is 4.74 Å². The van der Waals surface area contributed by atoms with E-state index < -0.39 is 12.1 Å². The number of amides is 1. The molecule has 0 aromatic carbocycles. The van der Waals surface area contributed by atoms with Crippen molar-refractivity contribution in [2.45, 2.75) is 508 Å². The Kier molecular flexibility index (Phi) is 79.8. The molecule has 0 aliphatic carbocycles. The lowest BCUT2D eigenvalue weighted by Crippen LogP contribution is -2.45. The molecule has 0 rings (SSSR count). The van der Waals surface area contributed by atoms with E-state index in [0.29, 0.717) is 25.9 Å². The van der Waals surface area contributed by atoms with Gasteiger partial charge in [-0.3, -0.25) is 9.59 Å². The van der Waals surface area contributed by atoms with Gasteiger partial charge in [0.25, 0.3) is 0 Å². The molecule has 6 nitrogen and oxygen atoms in total. The molecule has 542 valence electrons. The largest absolute Gasteiger partial charge is 0.466 e. The second kappa shape index (κ2) is 81.0. The minimum absolute atomic E-state index is 0.0246. The van der Waals surface area contributed by atoms with Crippen LogP contribution in [-0.4, -0.2) is 47.4 Å². The van der Waals surface area contributed by atoms with E-state index >= 15 is 0 Å². The van der Waals surface area contributed by atoms with Crippen LogP contribution in [0.3, 0.4) is 0 Å². The second-order valence-electron chi connectivity index (χ2n) is 29.5. The van der Waals surface area contributed by atoms with E-state index in [2.05, 4.69) is 31.3 Å². The molecule has 0 spiro atoms. The molecule has 0 heterocycles. The number of aliphatic hydroxyl groups is 2. The first-order chi connectivity index (χ1) is 45.0. The molecule has 0 aliphatic heterocycles. The number of carbonyl (C=O) groups is 2. The maximum absolute atomic E-state index is 12.6. The van der Waals surface area contributed by atoms with Gasteiger partial charge in [-0.2, -0.15) is 0 Å². The van der Waals surface area contributed by atoms with Crippen LogP contribution in [0.1, 0.15) is 495 Å². The number of hydrogen-bond acceptors (Lipinski definition) is 5. The third-order valence-electron chi connectivity index (χ3n) is 20.3. The number of unbranched alkanes of at least 4 members (excludes halogenated alkanes) is 68. The Labute approximate surface area is 571 Å². The van der Waals surface area contributed by atoms with Gasteiger partial charge < -0.3 is 20.3 Å². The van der Waals surface area contributed by atoms with E-state index in [1.165, 1.54) is 424 Å². The third-order valence-corrected chi connectivity index (χ3v) is 20.3. The first-order valence-corrected chi connectivity index (χ1v) is 42.4. The monoisotopic (exact) mass is 1280 g/mol. The second-order valence-corrected chi connectivity index (χ2v) is 29.5. The van der Waals surface area contributed by atoms with Crippen LogP contribution in [0.15, 0.2) is 12.2 Å². The van der Waals surface area contributed by atoms with E-state index in [9.17, 15) is 19.8 Å². The van der Waals surface area contributed by atoms with Gasteiger partial charge in [0, 0.05) is 12.8 Å². The van der Waals surface area contributed by atoms with Gasteiger partial charge in [-0.15, -0.1) is 0 Å². The average Bonchev–Trinajstić information content (AvgIpc) is 3.62. The highest BCUT2D eigenvalue weighted by Crippen LogP contribution is 2.21. The van der Waals surface area contributed by atoms with Gasteiger partial charge >= 0.3 is 5.97 Å². The van der Waals surface area contributed by atoms with Crippen LogP contribution in [0.25, 0.3) is 0 Å². The zero-order chi connectivity index (χ0) is 65.6. The Bertz CT molecular complexity index is 1380. The molecule has 0 aromatic heterocycles. The lowest BCUT2D eigenvalue weighted by molar-refractivity contribution is -0.143. The molecule has 91 heavy (non-hydrogen) atoms. The summed E-state index contributed by atoms with van der Waals surface area (Å²) in [6.45, 7) is 5.02. The van der Waals surface area contributed by atoms with Crippen molar-refractivity contribution in [1.82, 2.24) is 5.32 Å². The van der Waals surface area contributed by atoms with Crippen LogP contribution < -0.4 is 5.32 Å². The van der Waals surface area contributed by atoms with Gasteiger partial charge in [0.15, 0.2) is 0 Å². The molecule has 0 radical (unpaired) electrons. The van der Waals surface area contributed by atoms with Crippen molar-refractivity contribution >= 4 is 11.9 Å². The van der Waals surface area contributed by atoms with Crippen LogP contribution in [-0.2, 0) is 14.3 Å². The average molecular weight is 1280 g/mol. The number of rotatable bonds is 81. The number of carbonyl (C=O) groups excluding carboxylic acids is 2. The summed E-state index contributed by atoms with van der Waals surface area (Å²) < 4.78 is 5.50. The summed E-state index contributed by atoms with van der Waals surface area (Å²) in [5.41, 5.74) is 0. The van der Waals surface area contributed by atoms with Gasteiger partial charge in [-0.05, 0) is 51.4 Å². The summed E-state index contributed by atoms with van der Waals surface area (Å²) in [5, 5.41) is 23.5. The lowest BCUT2D eigenvalue weighted by Gasteiger charge is -2.22. The van der Waals surface area contributed by atoms with Gasteiger partial charge in [-0.1, -0.05) is 443 Å². The van der Waals surface area contributed by atoms with Crippen LogP contribution in [0, 0.1) is 0 Å². The molecule has 0 saturated heterocycles. The zero-order valence-corrected chi connectivity index (χ0v) is 62.4. The normalized spacial score (nSPS) is 12.4. The summed E-state index contributed by atoms with van der Waals surface area (Å²) in [4.78, 5) is 24.7. The van der Waals surface area contributed by atoms with E-state index in [1.807, 2.05) is 0 Å². The highest BCUT2D eigenvalue weighted by atomic mass is 16.5. The number of ether oxygens (including phenoxy) is 1. The van der Waals surface area contributed by atoms with Crippen molar-refractivity contribution in [1.29, 1.82) is 0 Å². The molecule has 0 aromatic rings. The van der Waals surface area contributed by atoms with Crippen molar-refractivity contribution < 1.29 is 24.5 Å². The summed E-state index contributed by atoms with van der Waals surface area (Å²) in [5.74, 6) is 0.000482. The summed E-state index contributed by atoms with van der Waals surface area (Å²) in [7, 11) is 0. The number of hydrogen-bond donors (Lipinski definition) is 3. The first kappa shape index (κ1) is 89.6. The number of aliphatic hydroxyl groups excluding tert-OH is 2. The van der Waals surface area contributed by atoms with Crippen LogP contribution in [0.5, 0.6) is 0 Å². The molecule has 2 unspecified atom stereocenters. The number of nitrogens with one attached hydrogen (secondary N) is 1. The predicted molar refractivity (Wildman–Crippen MR) is 403 cm³/mol. The molecule has 6 heteroatoms. The highest BCUT2D eigenvalue weighted by molar-refractivity contribution is 5.76. The Hall–Kier alpha value is -1.40. The van der Waals surface area contributed by atoms with E-state index in [1.54, 1.807) is 0 Å². The number of allylic oxidation sites excluding steroid dienone is 2. The number of esters is 1.